The van der Waals surface area contributed by atoms with Gasteiger partial charge in [0.15, 0.2) is 0 Å². The standard InChI is InChI=1S/C23H25BrN2O3/c24-20-8-6-18(7-9-20)21-16-26(12-13-29-21)23(28)19-14-22(27)25(15-19)11-10-17-4-2-1-3-5-17/h1-9,19,21H,10-16H2. The predicted molar refractivity (Wildman–Crippen MR) is 114 cm³/mol. The molecule has 2 heterocycles. The summed E-state index contributed by atoms with van der Waals surface area (Å²) in [5, 5.41) is 0. The van der Waals surface area contributed by atoms with E-state index in [0.29, 0.717) is 39.2 Å². The van der Waals surface area contributed by atoms with Gasteiger partial charge in [0.1, 0.15) is 6.10 Å². The van der Waals surface area contributed by atoms with E-state index in [1.54, 1.807) is 0 Å². The van der Waals surface area contributed by atoms with Crippen LogP contribution in [0.2, 0.25) is 0 Å². The van der Waals surface area contributed by atoms with Crippen LogP contribution in [-0.4, -0.2) is 54.4 Å². The number of rotatable bonds is 5. The largest absolute Gasteiger partial charge is 0.370 e. The number of hydrogen-bond acceptors (Lipinski definition) is 3. The molecule has 2 amide bonds. The fourth-order valence-corrected chi connectivity index (χ4v) is 4.31. The molecule has 2 aromatic rings. The highest BCUT2D eigenvalue weighted by Gasteiger charge is 2.37. The molecule has 0 aromatic heterocycles. The molecule has 152 valence electrons. The number of ether oxygens (including phenoxy) is 1. The van der Waals surface area contributed by atoms with Crippen molar-refractivity contribution in [3.8, 4) is 0 Å². The van der Waals surface area contributed by atoms with Gasteiger partial charge in [0.05, 0.1) is 19.1 Å². The van der Waals surface area contributed by atoms with Gasteiger partial charge in [-0.3, -0.25) is 9.59 Å². The van der Waals surface area contributed by atoms with Crippen molar-refractivity contribution in [2.45, 2.75) is 18.9 Å². The van der Waals surface area contributed by atoms with Gasteiger partial charge >= 0.3 is 0 Å². The smallest absolute Gasteiger partial charge is 0.228 e. The molecular weight excluding hydrogens is 432 g/mol. The molecule has 5 nitrogen and oxygen atoms in total. The van der Waals surface area contributed by atoms with E-state index in [4.69, 9.17) is 4.74 Å². The monoisotopic (exact) mass is 456 g/mol. The molecule has 2 saturated heterocycles. The molecule has 0 spiro atoms. The molecule has 0 saturated carbocycles. The first kappa shape index (κ1) is 20.1. The number of carbonyl (C=O) groups excluding carboxylic acids is 2. The number of amides is 2. The number of benzene rings is 2. The van der Waals surface area contributed by atoms with Crippen molar-refractivity contribution in [1.29, 1.82) is 0 Å². The number of carbonyl (C=O) groups is 2. The summed E-state index contributed by atoms with van der Waals surface area (Å²) in [5.74, 6) is -0.0927. The van der Waals surface area contributed by atoms with Crippen molar-refractivity contribution in [2.24, 2.45) is 5.92 Å². The summed E-state index contributed by atoms with van der Waals surface area (Å²) in [5.41, 5.74) is 2.28. The summed E-state index contributed by atoms with van der Waals surface area (Å²) in [6, 6.07) is 18.2. The fourth-order valence-electron chi connectivity index (χ4n) is 4.05. The third-order valence-electron chi connectivity index (χ3n) is 5.70. The third-order valence-corrected chi connectivity index (χ3v) is 6.23. The zero-order valence-electron chi connectivity index (χ0n) is 16.3. The van der Waals surface area contributed by atoms with E-state index in [9.17, 15) is 9.59 Å². The van der Waals surface area contributed by atoms with Crippen molar-refractivity contribution >= 4 is 27.7 Å². The number of halogens is 1. The van der Waals surface area contributed by atoms with Gasteiger partial charge < -0.3 is 14.5 Å². The van der Waals surface area contributed by atoms with E-state index >= 15 is 0 Å². The molecule has 2 unspecified atom stereocenters. The maximum absolute atomic E-state index is 13.1. The second-order valence-electron chi connectivity index (χ2n) is 7.67. The minimum absolute atomic E-state index is 0.0750. The number of morpholine rings is 1. The third kappa shape index (κ3) is 4.87. The Morgan fingerprint density at radius 1 is 1.07 bits per heavy atom. The second kappa shape index (κ2) is 9.09. The van der Waals surface area contributed by atoms with Crippen molar-refractivity contribution in [3.05, 3.63) is 70.2 Å². The number of likely N-dealkylation sites (tertiary alicyclic amines) is 1. The molecule has 2 aliphatic heterocycles. The molecule has 2 atom stereocenters. The van der Waals surface area contributed by atoms with E-state index in [1.165, 1.54) is 5.56 Å². The molecule has 0 radical (unpaired) electrons. The van der Waals surface area contributed by atoms with E-state index in [1.807, 2.05) is 52.3 Å². The Morgan fingerprint density at radius 3 is 2.59 bits per heavy atom. The zero-order chi connectivity index (χ0) is 20.2. The van der Waals surface area contributed by atoms with Crippen molar-refractivity contribution < 1.29 is 14.3 Å². The highest BCUT2D eigenvalue weighted by Crippen LogP contribution is 2.27. The molecule has 29 heavy (non-hydrogen) atoms. The Kier molecular flexibility index (Phi) is 6.31. The van der Waals surface area contributed by atoms with Crippen LogP contribution in [0.3, 0.4) is 0 Å². The lowest BCUT2D eigenvalue weighted by atomic mass is 10.0. The first-order chi connectivity index (χ1) is 14.1. The lowest BCUT2D eigenvalue weighted by Gasteiger charge is -2.34. The zero-order valence-corrected chi connectivity index (χ0v) is 17.9. The Balaban J connectivity index is 1.34. The Bertz CT molecular complexity index is 856. The van der Waals surface area contributed by atoms with Gasteiger partial charge in [-0.1, -0.05) is 58.4 Å². The number of hydrogen-bond donors (Lipinski definition) is 0. The quantitative estimate of drug-likeness (QED) is 0.692. The Labute approximate surface area is 179 Å². The van der Waals surface area contributed by atoms with Crippen LogP contribution < -0.4 is 0 Å². The summed E-state index contributed by atoms with van der Waals surface area (Å²) >= 11 is 3.45. The van der Waals surface area contributed by atoms with Crippen LogP contribution in [-0.2, 0) is 20.7 Å². The van der Waals surface area contributed by atoms with Crippen molar-refractivity contribution in [3.63, 3.8) is 0 Å². The molecule has 6 heteroatoms. The van der Waals surface area contributed by atoms with Crippen molar-refractivity contribution in [2.75, 3.05) is 32.8 Å². The molecule has 4 rings (SSSR count). The van der Waals surface area contributed by atoms with E-state index in [2.05, 4.69) is 28.1 Å². The minimum atomic E-state index is -0.248. The summed E-state index contributed by atoms with van der Waals surface area (Å²) in [7, 11) is 0. The van der Waals surface area contributed by atoms with Gasteiger partial charge in [-0.15, -0.1) is 0 Å². The first-order valence-electron chi connectivity index (χ1n) is 10.1. The van der Waals surface area contributed by atoms with Crippen LogP contribution in [0.1, 0.15) is 23.7 Å². The average Bonchev–Trinajstić information content (AvgIpc) is 3.13. The normalized spacial score (nSPS) is 22.2. The molecule has 0 aliphatic carbocycles. The highest BCUT2D eigenvalue weighted by molar-refractivity contribution is 9.10. The molecule has 2 fully saturated rings. The van der Waals surface area contributed by atoms with Gasteiger partial charge in [0, 0.05) is 30.5 Å². The SMILES string of the molecule is O=C1CC(C(=O)N2CCOC(c3ccc(Br)cc3)C2)CN1CCc1ccccc1. The Morgan fingerprint density at radius 2 is 1.83 bits per heavy atom. The van der Waals surface area contributed by atoms with Gasteiger partial charge in [-0.2, -0.15) is 0 Å². The number of nitrogens with zero attached hydrogens (tertiary/aromatic N) is 2. The van der Waals surface area contributed by atoms with Crippen LogP contribution in [0.5, 0.6) is 0 Å². The second-order valence-corrected chi connectivity index (χ2v) is 8.59. The van der Waals surface area contributed by atoms with Gasteiger partial charge in [0.2, 0.25) is 11.8 Å². The van der Waals surface area contributed by atoms with Crippen LogP contribution >= 0.6 is 15.9 Å². The highest BCUT2D eigenvalue weighted by atomic mass is 79.9. The van der Waals surface area contributed by atoms with E-state index in [-0.39, 0.29) is 23.8 Å². The lowest BCUT2D eigenvalue weighted by Crippen LogP contribution is -2.45. The summed E-state index contributed by atoms with van der Waals surface area (Å²) < 4.78 is 6.91. The fraction of sp³-hybridized carbons (Fsp3) is 0.391. The Hall–Kier alpha value is -2.18. The van der Waals surface area contributed by atoms with Gasteiger partial charge in [-0.25, -0.2) is 0 Å². The molecule has 0 N–H and O–H groups in total. The minimum Gasteiger partial charge on any atom is -0.370 e. The van der Waals surface area contributed by atoms with Crippen LogP contribution in [0.15, 0.2) is 59.1 Å². The van der Waals surface area contributed by atoms with Crippen LogP contribution in [0.25, 0.3) is 0 Å². The van der Waals surface area contributed by atoms with Crippen molar-refractivity contribution in [1.82, 2.24) is 9.80 Å². The summed E-state index contributed by atoms with van der Waals surface area (Å²) in [6.45, 7) is 2.82. The summed E-state index contributed by atoms with van der Waals surface area (Å²) in [4.78, 5) is 29.2. The predicted octanol–water partition coefficient (Wildman–Crippen LogP) is 3.44. The topological polar surface area (TPSA) is 49.9 Å². The molecule has 0 bridgehead atoms. The van der Waals surface area contributed by atoms with E-state index < -0.39 is 0 Å². The molecule has 2 aromatic carbocycles. The van der Waals surface area contributed by atoms with E-state index in [0.717, 1.165) is 16.5 Å². The average molecular weight is 457 g/mol. The molecular formula is C23H25BrN2O3. The van der Waals surface area contributed by atoms with Crippen LogP contribution in [0.4, 0.5) is 0 Å². The van der Waals surface area contributed by atoms with Gasteiger partial charge in [-0.05, 0) is 29.7 Å². The lowest BCUT2D eigenvalue weighted by molar-refractivity contribution is -0.143. The van der Waals surface area contributed by atoms with Gasteiger partial charge in [0.25, 0.3) is 0 Å². The maximum atomic E-state index is 13.1. The summed E-state index contributed by atoms with van der Waals surface area (Å²) in [6.07, 6.45) is 1.01. The first-order valence-corrected chi connectivity index (χ1v) is 10.9. The molecule has 2 aliphatic rings. The van der Waals surface area contributed by atoms with Crippen LogP contribution in [0, 0.1) is 5.92 Å². The maximum Gasteiger partial charge on any atom is 0.228 e.